The van der Waals surface area contributed by atoms with Crippen LogP contribution in [0.15, 0.2) is 24.3 Å². The van der Waals surface area contributed by atoms with Crippen LogP contribution in [0.25, 0.3) is 0 Å². The van der Waals surface area contributed by atoms with Crippen LogP contribution < -0.4 is 10.6 Å². The van der Waals surface area contributed by atoms with E-state index in [0.29, 0.717) is 21.8 Å². The van der Waals surface area contributed by atoms with E-state index in [4.69, 9.17) is 4.74 Å². The number of amides is 1. The van der Waals surface area contributed by atoms with Gasteiger partial charge in [-0.3, -0.25) is 9.59 Å². The van der Waals surface area contributed by atoms with Crippen LogP contribution in [-0.2, 0) is 22.4 Å². The molecule has 1 aromatic heterocycles. The molecular weight excluding hydrogens is 364 g/mol. The van der Waals surface area contributed by atoms with Crippen molar-refractivity contribution in [1.82, 2.24) is 0 Å². The summed E-state index contributed by atoms with van der Waals surface area (Å²) in [5.41, 5.74) is 2.77. The SMILES string of the molecule is COC(=O)c1c(NC(=O)CNc2cccc(C(C)=O)c2)sc2c1CCCC2. The Bertz CT molecular complexity index is 888. The van der Waals surface area contributed by atoms with Crippen molar-refractivity contribution in [2.75, 3.05) is 24.3 Å². The molecule has 7 heteroatoms. The first kappa shape index (κ1) is 19.1. The molecule has 0 saturated carbocycles. The Morgan fingerprint density at radius 3 is 2.70 bits per heavy atom. The second-order valence-electron chi connectivity index (χ2n) is 6.45. The van der Waals surface area contributed by atoms with Crippen molar-refractivity contribution in [1.29, 1.82) is 0 Å². The molecule has 3 rings (SSSR count). The summed E-state index contributed by atoms with van der Waals surface area (Å²) in [5.74, 6) is -0.700. The van der Waals surface area contributed by atoms with Crippen molar-refractivity contribution in [3.63, 3.8) is 0 Å². The molecule has 0 radical (unpaired) electrons. The summed E-state index contributed by atoms with van der Waals surface area (Å²) in [4.78, 5) is 37.2. The first-order chi connectivity index (χ1) is 13.0. The first-order valence-electron chi connectivity index (χ1n) is 8.87. The van der Waals surface area contributed by atoms with Crippen LogP contribution in [0.1, 0.15) is 50.9 Å². The maximum Gasteiger partial charge on any atom is 0.341 e. The summed E-state index contributed by atoms with van der Waals surface area (Å²) in [6.45, 7) is 1.53. The molecule has 0 fully saturated rings. The molecule has 1 amide bonds. The Morgan fingerprint density at radius 1 is 1.19 bits per heavy atom. The average Bonchev–Trinajstić information content (AvgIpc) is 3.03. The molecule has 0 aliphatic heterocycles. The maximum absolute atomic E-state index is 12.4. The predicted molar refractivity (Wildman–Crippen MR) is 106 cm³/mol. The molecule has 0 atom stereocenters. The van der Waals surface area contributed by atoms with Crippen molar-refractivity contribution < 1.29 is 19.1 Å². The number of Topliss-reactive ketones (excluding diaryl/α,β-unsaturated/α-hetero) is 1. The highest BCUT2D eigenvalue weighted by Crippen LogP contribution is 2.38. The third-order valence-electron chi connectivity index (χ3n) is 4.54. The molecule has 1 aromatic carbocycles. The number of fused-ring (bicyclic) bond motifs is 1. The number of anilines is 2. The minimum Gasteiger partial charge on any atom is -0.465 e. The molecule has 0 spiro atoms. The molecule has 1 heterocycles. The van der Waals surface area contributed by atoms with Gasteiger partial charge in [-0.1, -0.05) is 12.1 Å². The number of ketones is 1. The van der Waals surface area contributed by atoms with Gasteiger partial charge in [-0.25, -0.2) is 4.79 Å². The number of nitrogens with one attached hydrogen (secondary N) is 2. The third kappa shape index (κ3) is 4.36. The summed E-state index contributed by atoms with van der Waals surface area (Å²) in [6, 6.07) is 6.99. The zero-order chi connectivity index (χ0) is 19.4. The van der Waals surface area contributed by atoms with Crippen molar-refractivity contribution in [3.05, 3.63) is 45.8 Å². The molecule has 27 heavy (non-hydrogen) atoms. The van der Waals surface area contributed by atoms with Gasteiger partial charge in [0.2, 0.25) is 5.91 Å². The van der Waals surface area contributed by atoms with E-state index in [1.165, 1.54) is 25.4 Å². The number of carbonyl (C=O) groups excluding carboxylic acids is 3. The fraction of sp³-hybridized carbons (Fsp3) is 0.350. The number of rotatable bonds is 6. The Kier molecular flexibility index (Phi) is 5.91. The number of esters is 1. The standard InChI is InChI=1S/C20H22N2O4S/c1-12(23)13-6-5-7-14(10-13)21-11-17(24)22-19-18(20(25)26-2)15-8-3-4-9-16(15)27-19/h5-7,10,21H,3-4,8-9,11H2,1-2H3,(H,22,24). The number of methoxy groups -OCH3 is 1. The zero-order valence-electron chi connectivity index (χ0n) is 15.4. The summed E-state index contributed by atoms with van der Waals surface area (Å²) >= 11 is 1.46. The van der Waals surface area contributed by atoms with E-state index in [2.05, 4.69) is 10.6 Å². The van der Waals surface area contributed by atoms with Crippen LogP contribution in [0.3, 0.4) is 0 Å². The van der Waals surface area contributed by atoms with Gasteiger partial charge in [0, 0.05) is 16.1 Å². The molecule has 0 saturated heterocycles. The highest BCUT2D eigenvalue weighted by atomic mass is 32.1. The van der Waals surface area contributed by atoms with E-state index in [-0.39, 0.29) is 18.2 Å². The van der Waals surface area contributed by atoms with E-state index in [1.54, 1.807) is 24.3 Å². The summed E-state index contributed by atoms with van der Waals surface area (Å²) < 4.78 is 4.92. The molecular formula is C20H22N2O4S. The number of benzene rings is 1. The fourth-order valence-electron chi connectivity index (χ4n) is 3.17. The second kappa shape index (κ2) is 8.35. The Hall–Kier alpha value is -2.67. The summed E-state index contributed by atoms with van der Waals surface area (Å²) in [6.07, 6.45) is 3.89. The lowest BCUT2D eigenvalue weighted by Crippen LogP contribution is -2.22. The molecule has 1 aliphatic carbocycles. The highest BCUT2D eigenvalue weighted by molar-refractivity contribution is 7.17. The Morgan fingerprint density at radius 2 is 1.96 bits per heavy atom. The van der Waals surface area contributed by atoms with Gasteiger partial charge in [-0.15, -0.1) is 11.3 Å². The molecule has 0 unspecified atom stereocenters. The number of hydrogen-bond donors (Lipinski definition) is 2. The normalized spacial score (nSPS) is 12.8. The van der Waals surface area contributed by atoms with E-state index < -0.39 is 5.97 Å². The van der Waals surface area contributed by atoms with Gasteiger partial charge in [-0.05, 0) is 50.3 Å². The topological polar surface area (TPSA) is 84.5 Å². The second-order valence-corrected chi connectivity index (χ2v) is 7.55. The lowest BCUT2D eigenvalue weighted by atomic mass is 9.95. The van der Waals surface area contributed by atoms with Crippen LogP contribution in [0, 0.1) is 0 Å². The van der Waals surface area contributed by atoms with Crippen LogP contribution in [0.4, 0.5) is 10.7 Å². The molecule has 2 N–H and O–H groups in total. The van der Waals surface area contributed by atoms with Crippen molar-refractivity contribution in [2.24, 2.45) is 0 Å². The minimum atomic E-state index is -0.410. The van der Waals surface area contributed by atoms with Crippen molar-refractivity contribution in [3.8, 4) is 0 Å². The van der Waals surface area contributed by atoms with E-state index >= 15 is 0 Å². The van der Waals surface area contributed by atoms with Gasteiger partial charge >= 0.3 is 5.97 Å². The van der Waals surface area contributed by atoms with Gasteiger partial charge in [0.25, 0.3) is 0 Å². The minimum absolute atomic E-state index is 0.0323. The monoisotopic (exact) mass is 386 g/mol. The Labute approximate surface area is 161 Å². The van der Waals surface area contributed by atoms with Gasteiger partial charge in [0.1, 0.15) is 5.00 Å². The van der Waals surface area contributed by atoms with Gasteiger partial charge in [0.15, 0.2) is 5.78 Å². The van der Waals surface area contributed by atoms with Gasteiger partial charge in [0.05, 0.1) is 19.2 Å². The van der Waals surface area contributed by atoms with Gasteiger partial charge < -0.3 is 15.4 Å². The number of ether oxygens (including phenoxy) is 1. The molecule has 0 bridgehead atoms. The molecule has 2 aromatic rings. The van der Waals surface area contributed by atoms with Crippen molar-refractivity contribution >= 4 is 39.7 Å². The van der Waals surface area contributed by atoms with E-state index in [0.717, 1.165) is 36.1 Å². The highest BCUT2D eigenvalue weighted by Gasteiger charge is 2.26. The predicted octanol–water partition coefficient (Wildman–Crippen LogP) is 3.67. The van der Waals surface area contributed by atoms with E-state index in [1.807, 2.05) is 0 Å². The van der Waals surface area contributed by atoms with Crippen LogP contribution in [-0.4, -0.2) is 31.3 Å². The van der Waals surface area contributed by atoms with Gasteiger partial charge in [-0.2, -0.15) is 0 Å². The largest absolute Gasteiger partial charge is 0.465 e. The van der Waals surface area contributed by atoms with Crippen LogP contribution >= 0.6 is 11.3 Å². The fourth-order valence-corrected chi connectivity index (χ4v) is 4.47. The number of aryl methyl sites for hydroxylation is 1. The number of thiophene rings is 1. The van der Waals surface area contributed by atoms with Crippen molar-refractivity contribution in [2.45, 2.75) is 32.6 Å². The molecule has 142 valence electrons. The maximum atomic E-state index is 12.4. The Balaban J connectivity index is 1.71. The number of hydrogen-bond acceptors (Lipinski definition) is 6. The van der Waals surface area contributed by atoms with Crippen LogP contribution in [0.5, 0.6) is 0 Å². The zero-order valence-corrected chi connectivity index (χ0v) is 16.2. The van der Waals surface area contributed by atoms with E-state index in [9.17, 15) is 14.4 Å². The quantitative estimate of drug-likeness (QED) is 0.585. The average molecular weight is 386 g/mol. The lowest BCUT2D eigenvalue weighted by Gasteiger charge is -2.12. The molecule has 1 aliphatic rings. The molecule has 6 nitrogen and oxygen atoms in total. The summed E-state index contributed by atoms with van der Waals surface area (Å²) in [7, 11) is 1.35. The first-order valence-corrected chi connectivity index (χ1v) is 9.69. The summed E-state index contributed by atoms with van der Waals surface area (Å²) in [5, 5.41) is 6.40. The lowest BCUT2D eigenvalue weighted by molar-refractivity contribution is -0.114. The van der Waals surface area contributed by atoms with Crippen LogP contribution in [0.2, 0.25) is 0 Å². The third-order valence-corrected chi connectivity index (χ3v) is 5.74. The smallest absolute Gasteiger partial charge is 0.341 e. The number of carbonyl (C=O) groups is 3.